The fraction of sp³-hybridized carbons (Fsp3) is 0.0303. The van der Waals surface area contributed by atoms with Crippen LogP contribution in [0.25, 0.3) is 59.4 Å². The molecular formula is C33H10F13NO5PS-. The average molecular weight is 810 g/mol. The Morgan fingerprint density at radius 1 is 0.500 bits per heavy atom. The maximum Gasteiger partial charge on any atom is 0.480 e. The molecule has 0 N–H and O–H groups in total. The molecule has 0 saturated heterocycles. The third-order valence-corrected chi connectivity index (χ3v) is 11.2. The van der Waals surface area contributed by atoms with Gasteiger partial charge in [-0.15, -0.1) is 0 Å². The van der Waals surface area contributed by atoms with Crippen molar-refractivity contribution in [2.24, 2.45) is 0 Å². The number of sulfonamides is 1. The van der Waals surface area contributed by atoms with Crippen LogP contribution in [0.2, 0.25) is 0 Å². The van der Waals surface area contributed by atoms with Crippen LogP contribution in [0.4, 0.5) is 57.1 Å². The van der Waals surface area contributed by atoms with Gasteiger partial charge in [0, 0.05) is 22.3 Å². The molecule has 6 aromatic rings. The molecule has 0 radical (unpaired) electrons. The molecule has 0 atom stereocenters. The molecule has 0 saturated carbocycles. The zero-order valence-corrected chi connectivity index (χ0v) is 27.2. The number of hydrogen-bond donors (Lipinski definition) is 0. The number of fused-ring (bicyclic) bond motifs is 7. The summed E-state index contributed by atoms with van der Waals surface area (Å²) >= 11 is 0. The summed E-state index contributed by atoms with van der Waals surface area (Å²) in [6.45, 7) is 0. The Labute approximate surface area is 292 Å². The number of hydrogen-bond acceptors (Lipinski definition) is 5. The largest absolute Gasteiger partial charge is 0.480 e. The summed E-state index contributed by atoms with van der Waals surface area (Å²) in [5, 5.41) is -0.965. The van der Waals surface area contributed by atoms with Crippen molar-refractivity contribution in [3.8, 4) is 44.9 Å². The molecule has 0 amide bonds. The molecular weight excluding hydrogens is 800 g/mol. The first-order chi connectivity index (χ1) is 25.2. The Morgan fingerprint density at radius 3 is 1.15 bits per heavy atom. The minimum absolute atomic E-state index is 0.216. The number of nitrogens with zero attached hydrogens (tertiary/aromatic N) is 1. The zero-order chi connectivity index (χ0) is 39.4. The van der Waals surface area contributed by atoms with E-state index >= 15 is 17.6 Å². The van der Waals surface area contributed by atoms with Crippen LogP contribution >= 0.6 is 7.75 Å². The van der Waals surface area contributed by atoms with Gasteiger partial charge in [-0.05, 0) is 33.7 Å². The van der Waals surface area contributed by atoms with Gasteiger partial charge in [0.1, 0.15) is 11.5 Å². The molecule has 1 heterocycles. The van der Waals surface area contributed by atoms with Crippen molar-refractivity contribution in [3.63, 3.8) is 0 Å². The molecule has 6 nitrogen and oxygen atoms in total. The second-order valence-electron chi connectivity index (χ2n) is 11.2. The van der Waals surface area contributed by atoms with Crippen LogP contribution < -0.4 is 9.05 Å². The summed E-state index contributed by atoms with van der Waals surface area (Å²) in [7, 11) is -13.6. The van der Waals surface area contributed by atoms with E-state index in [2.05, 4.69) is 4.49 Å². The normalized spacial score (nSPS) is 14.0. The van der Waals surface area contributed by atoms with Gasteiger partial charge in [0.15, 0.2) is 56.6 Å². The van der Waals surface area contributed by atoms with E-state index in [4.69, 9.17) is 9.05 Å². The lowest BCUT2D eigenvalue weighted by Crippen LogP contribution is -2.22. The summed E-state index contributed by atoms with van der Waals surface area (Å²) in [6, 6.07) is 10.9. The van der Waals surface area contributed by atoms with Crippen LogP contribution in [-0.2, 0) is 14.6 Å². The van der Waals surface area contributed by atoms with Crippen LogP contribution in [0.5, 0.6) is 11.5 Å². The molecule has 54 heavy (non-hydrogen) atoms. The highest BCUT2D eigenvalue weighted by atomic mass is 32.2. The highest BCUT2D eigenvalue weighted by Crippen LogP contribution is 2.67. The Balaban J connectivity index is 1.76. The summed E-state index contributed by atoms with van der Waals surface area (Å²) in [6.07, 6.45) is 0. The first kappa shape index (κ1) is 37.0. The van der Waals surface area contributed by atoms with E-state index in [0.717, 1.165) is 24.3 Å². The number of benzene rings is 6. The van der Waals surface area contributed by atoms with Gasteiger partial charge in [-0.2, -0.15) is 13.2 Å². The third kappa shape index (κ3) is 5.45. The van der Waals surface area contributed by atoms with Crippen molar-refractivity contribution < 1.29 is 79.1 Å². The van der Waals surface area contributed by atoms with Gasteiger partial charge < -0.3 is 13.5 Å². The molecule has 6 aromatic carbocycles. The van der Waals surface area contributed by atoms with Crippen molar-refractivity contribution in [1.82, 2.24) is 0 Å². The van der Waals surface area contributed by atoms with Crippen LogP contribution in [0.15, 0.2) is 60.7 Å². The number of rotatable bonds is 4. The van der Waals surface area contributed by atoms with E-state index < -0.39 is 126 Å². The lowest BCUT2D eigenvalue weighted by atomic mass is 9.86. The van der Waals surface area contributed by atoms with Gasteiger partial charge >= 0.3 is 13.3 Å². The monoisotopic (exact) mass is 810 g/mol. The first-order valence-electron chi connectivity index (χ1n) is 14.4. The summed E-state index contributed by atoms with van der Waals surface area (Å²) in [5.74, 6) is -28.7. The Hall–Kier alpha value is -5.33. The van der Waals surface area contributed by atoms with Crippen molar-refractivity contribution in [2.45, 2.75) is 5.51 Å². The van der Waals surface area contributed by atoms with Gasteiger partial charge in [-0.25, -0.2) is 52.3 Å². The molecule has 0 unspecified atom stereocenters. The molecule has 0 fully saturated rings. The van der Waals surface area contributed by atoms with Crippen molar-refractivity contribution in [2.75, 3.05) is 0 Å². The fourth-order valence-corrected chi connectivity index (χ4v) is 8.43. The molecule has 1 aliphatic rings. The molecule has 1 aliphatic heterocycles. The van der Waals surface area contributed by atoms with Gasteiger partial charge in [0.2, 0.25) is 11.6 Å². The van der Waals surface area contributed by atoms with E-state index in [0.29, 0.717) is 12.1 Å². The van der Waals surface area contributed by atoms with Gasteiger partial charge in [-0.3, -0.25) is 4.57 Å². The van der Waals surface area contributed by atoms with Gasteiger partial charge in [0.25, 0.3) is 0 Å². The Kier molecular flexibility index (Phi) is 8.47. The molecule has 280 valence electrons. The zero-order valence-electron chi connectivity index (χ0n) is 25.5. The minimum Gasteiger partial charge on any atom is -0.427 e. The predicted molar refractivity (Wildman–Crippen MR) is 165 cm³/mol. The second-order valence-corrected chi connectivity index (χ2v) is 14.6. The Bertz CT molecular complexity index is 2590. The van der Waals surface area contributed by atoms with Gasteiger partial charge in [0.05, 0.1) is 11.1 Å². The first-order valence-corrected chi connectivity index (χ1v) is 17.3. The quantitative estimate of drug-likeness (QED) is 0.0766. The van der Waals surface area contributed by atoms with Gasteiger partial charge in [-0.1, -0.05) is 48.5 Å². The van der Waals surface area contributed by atoms with Crippen molar-refractivity contribution in [1.29, 1.82) is 0 Å². The van der Waals surface area contributed by atoms with Crippen LogP contribution in [0.3, 0.4) is 0 Å². The minimum atomic E-state index is -7.01. The molecule has 0 aliphatic carbocycles. The summed E-state index contributed by atoms with van der Waals surface area (Å²) < 4.78 is 241. The van der Waals surface area contributed by atoms with E-state index in [1.165, 1.54) is 24.3 Å². The van der Waals surface area contributed by atoms with E-state index in [1.807, 2.05) is 0 Å². The van der Waals surface area contributed by atoms with E-state index in [9.17, 15) is 52.5 Å². The second kappa shape index (κ2) is 12.4. The highest BCUT2D eigenvalue weighted by Gasteiger charge is 2.45. The third-order valence-electron chi connectivity index (χ3n) is 8.12. The van der Waals surface area contributed by atoms with Crippen LogP contribution in [0, 0.1) is 58.2 Å². The lowest BCUT2D eigenvalue weighted by molar-refractivity contribution is -0.0425. The molecule has 21 heteroatoms. The topological polar surface area (TPSA) is 83.8 Å². The highest BCUT2D eigenvalue weighted by molar-refractivity contribution is 8.02. The van der Waals surface area contributed by atoms with Crippen LogP contribution in [0.1, 0.15) is 0 Å². The maximum absolute atomic E-state index is 15.5. The van der Waals surface area contributed by atoms with Crippen molar-refractivity contribution in [3.05, 3.63) is 123 Å². The standard InChI is InChI=1S/C33H10F13NO5PS/c34-21-19(22(35)26(39)29(42)25(21)38)15-9-11-5-1-3-7-13(11)17-18-14-8-4-2-6-12(14)10-16(20-23(36)27(40)30(43)28(41)24(20)37)32(18)52-53(48,51-31(15)17)47-54(49,50)33(44,45)46/h1-10H/q-1. The molecule has 0 spiro atoms. The molecule has 0 bridgehead atoms. The average Bonchev–Trinajstić information content (AvgIpc) is 3.25. The van der Waals surface area contributed by atoms with Crippen molar-refractivity contribution >= 4 is 39.3 Å². The summed E-state index contributed by atoms with van der Waals surface area (Å²) in [5.41, 5.74) is -14.2. The summed E-state index contributed by atoms with van der Waals surface area (Å²) in [4.78, 5) is 0. The number of alkyl halides is 3. The fourth-order valence-electron chi connectivity index (χ4n) is 5.86. The Morgan fingerprint density at radius 2 is 0.815 bits per heavy atom. The predicted octanol–water partition coefficient (Wildman–Crippen LogP) is 11.5. The maximum atomic E-state index is 15.5. The van der Waals surface area contributed by atoms with E-state index in [1.54, 1.807) is 0 Å². The lowest BCUT2D eigenvalue weighted by Gasteiger charge is -2.31. The SMILES string of the molecule is O=P1([N-]S(=O)(=O)C(F)(F)F)Oc2c(-c3c(F)c(F)c(F)c(F)c3F)cc3ccccc3c2-c2c(c(-c3c(F)c(F)c(F)c(F)c3F)cc3ccccc23)O1. The number of halogens is 13. The molecule has 0 aromatic heterocycles. The molecule has 7 rings (SSSR count). The smallest absolute Gasteiger partial charge is 0.427 e. The van der Waals surface area contributed by atoms with E-state index in [-0.39, 0.29) is 21.5 Å². The van der Waals surface area contributed by atoms with Crippen LogP contribution in [-0.4, -0.2) is 13.9 Å².